The summed E-state index contributed by atoms with van der Waals surface area (Å²) in [6, 6.07) is 5.51. The maximum Gasteiger partial charge on any atom is 0.573 e. The molecule has 0 bridgehead atoms. The monoisotopic (exact) mass is 358 g/mol. The highest BCUT2D eigenvalue weighted by Gasteiger charge is 2.38. The summed E-state index contributed by atoms with van der Waals surface area (Å²) >= 11 is 0. The maximum atomic E-state index is 12.1. The van der Waals surface area contributed by atoms with Crippen molar-refractivity contribution in [3.63, 3.8) is 0 Å². The van der Waals surface area contributed by atoms with Crippen LogP contribution in [0.2, 0.25) is 0 Å². The van der Waals surface area contributed by atoms with E-state index in [0.29, 0.717) is 25.4 Å². The Morgan fingerprint density at radius 1 is 1.16 bits per heavy atom. The van der Waals surface area contributed by atoms with Gasteiger partial charge in [0.05, 0.1) is 0 Å². The topological polar surface area (TPSA) is 67.4 Å². The van der Waals surface area contributed by atoms with E-state index >= 15 is 0 Å². The lowest BCUT2D eigenvalue weighted by Crippen LogP contribution is -2.32. The minimum Gasteiger partial charge on any atom is -0.406 e. The first-order valence-electron chi connectivity index (χ1n) is 8.13. The summed E-state index contributed by atoms with van der Waals surface area (Å²) in [5.74, 6) is 0.0674. The van der Waals surface area contributed by atoms with Crippen LogP contribution in [-0.4, -0.2) is 31.3 Å². The highest BCUT2D eigenvalue weighted by molar-refractivity contribution is 5.82. The summed E-state index contributed by atoms with van der Waals surface area (Å²) < 4.78 is 40.0. The maximum absolute atomic E-state index is 12.1. The van der Waals surface area contributed by atoms with Crippen LogP contribution in [-0.2, 0) is 16.0 Å². The van der Waals surface area contributed by atoms with Crippen LogP contribution < -0.4 is 15.4 Å². The third-order valence-corrected chi connectivity index (χ3v) is 3.99. The second kappa shape index (κ2) is 8.22. The Bertz CT molecular complexity index is 602. The average Bonchev–Trinajstić information content (AvgIpc) is 3.24. The van der Waals surface area contributed by atoms with Gasteiger partial charge in [0, 0.05) is 25.4 Å². The van der Waals surface area contributed by atoms with Crippen LogP contribution in [0.15, 0.2) is 24.3 Å². The number of carbonyl (C=O) groups is 2. The number of hydrogen-bond donors (Lipinski definition) is 2. The van der Waals surface area contributed by atoms with E-state index < -0.39 is 6.36 Å². The van der Waals surface area contributed by atoms with Gasteiger partial charge >= 0.3 is 6.36 Å². The number of nitrogens with one attached hydrogen (secondary N) is 2. The van der Waals surface area contributed by atoms with E-state index in [2.05, 4.69) is 15.4 Å². The van der Waals surface area contributed by atoms with Crippen molar-refractivity contribution in [1.29, 1.82) is 0 Å². The molecule has 0 unspecified atom stereocenters. The molecular weight excluding hydrogens is 337 g/mol. The molecule has 138 valence electrons. The smallest absolute Gasteiger partial charge is 0.406 e. The van der Waals surface area contributed by atoms with Crippen molar-refractivity contribution in [3.8, 4) is 5.75 Å². The zero-order valence-electron chi connectivity index (χ0n) is 13.9. The Balaban J connectivity index is 1.59. The van der Waals surface area contributed by atoms with Crippen LogP contribution >= 0.6 is 0 Å². The van der Waals surface area contributed by atoms with Crippen molar-refractivity contribution in [1.82, 2.24) is 10.6 Å². The van der Waals surface area contributed by atoms with Gasteiger partial charge in [0.1, 0.15) is 5.75 Å². The van der Waals surface area contributed by atoms with Crippen LogP contribution in [0.1, 0.15) is 25.3 Å². The minimum absolute atomic E-state index is 0.00136. The van der Waals surface area contributed by atoms with Crippen LogP contribution in [0.5, 0.6) is 5.75 Å². The predicted molar refractivity (Wildman–Crippen MR) is 84.7 cm³/mol. The van der Waals surface area contributed by atoms with E-state index in [1.165, 1.54) is 24.3 Å². The highest BCUT2D eigenvalue weighted by Crippen LogP contribution is 2.37. The van der Waals surface area contributed by atoms with Crippen LogP contribution in [0.25, 0.3) is 0 Å². The first-order chi connectivity index (χ1) is 11.7. The molecule has 0 radical (unpaired) electrons. The van der Waals surface area contributed by atoms with Crippen LogP contribution in [0, 0.1) is 11.8 Å². The molecule has 2 N–H and O–H groups in total. The fourth-order valence-corrected chi connectivity index (χ4v) is 2.41. The summed E-state index contributed by atoms with van der Waals surface area (Å²) in [5, 5.41) is 5.44. The van der Waals surface area contributed by atoms with Crippen molar-refractivity contribution in [2.24, 2.45) is 11.8 Å². The van der Waals surface area contributed by atoms with Gasteiger partial charge in [-0.25, -0.2) is 0 Å². The van der Waals surface area contributed by atoms with Gasteiger partial charge in [0.15, 0.2) is 0 Å². The number of hydrogen-bond acceptors (Lipinski definition) is 3. The molecule has 8 heteroatoms. The average molecular weight is 358 g/mol. The lowest BCUT2D eigenvalue weighted by Gasteiger charge is -2.10. The lowest BCUT2D eigenvalue weighted by atomic mass is 10.1. The SMILES string of the molecule is C[C@H]1C[C@@H]1C(=O)NCCC(=O)NCCc1ccc(OC(F)(F)F)cc1. The lowest BCUT2D eigenvalue weighted by molar-refractivity contribution is -0.274. The van der Waals surface area contributed by atoms with Gasteiger partial charge in [-0.1, -0.05) is 19.1 Å². The van der Waals surface area contributed by atoms with Gasteiger partial charge in [-0.3, -0.25) is 9.59 Å². The minimum atomic E-state index is -4.71. The molecule has 0 saturated heterocycles. The van der Waals surface area contributed by atoms with Gasteiger partial charge in [-0.2, -0.15) is 0 Å². The molecule has 1 aliphatic rings. The van der Waals surface area contributed by atoms with Crippen molar-refractivity contribution >= 4 is 11.8 Å². The summed E-state index contributed by atoms with van der Waals surface area (Å²) in [6.07, 6.45) is -3.11. The second-order valence-electron chi connectivity index (χ2n) is 6.15. The highest BCUT2D eigenvalue weighted by atomic mass is 19.4. The van der Waals surface area contributed by atoms with E-state index in [4.69, 9.17) is 0 Å². The Kier molecular flexibility index (Phi) is 6.27. The molecule has 0 aromatic heterocycles. The Morgan fingerprint density at radius 3 is 2.36 bits per heavy atom. The normalized spacial score (nSPS) is 19.2. The van der Waals surface area contributed by atoms with Gasteiger partial charge in [0.2, 0.25) is 11.8 Å². The Hall–Kier alpha value is -2.25. The van der Waals surface area contributed by atoms with E-state index in [1.54, 1.807) is 0 Å². The number of amides is 2. The van der Waals surface area contributed by atoms with Crippen LogP contribution in [0.3, 0.4) is 0 Å². The third-order valence-electron chi connectivity index (χ3n) is 3.99. The van der Waals surface area contributed by atoms with Gasteiger partial charge < -0.3 is 15.4 Å². The first kappa shape index (κ1) is 19.1. The first-order valence-corrected chi connectivity index (χ1v) is 8.13. The second-order valence-corrected chi connectivity index (χ2v) is 6.15. The molecule has 0 aliphatic heterocycles. The van der Waals surface area contributed by atoms with Crippen LogP contribution in [0.4, 0.5) is 13.2 Å². The van der Waals surface area contributed by atoms with Gasteiger partial charge in [-0.15, -0.1) is 13.2 Å². The largest absolute Gasteiger partial charge is 0.573 e. The summed E-state index contributed by atoms with van der Waals surface area (Å²) in [7, 11) is 0. The van der Waals surface area contributed by atoms with E-state index in [9.17, 15) is 22.8 Å². The quantitative estimate of drug-likeness (QED) is 0.750. The fraction of sp³-hybridized carbons (Fsp3) is 0.529. The molecule has 2 amide bonds. The number of alkyl halides is 3. The summed E-state index contributed by atoms with van der Waals surface area (Å²) in [6.45, 7) is 2.68. The molecule has 2 rings (SSSR count). The zero-order chi connectivity index (χ0) is 18.4. The standard InChI is InChI=1S/C17H21F3N2O3/c1-11-10-14(11)16(24)22-9-7-15(23)21-8-6-12-2-4-13(5-3-12)25-17(18,19)20/h2-5,11,14H,6-10H2,1H3,(H,21,23)(H,22,24)/t11-,14-/m0/s1. The number of halogens is 3. The zero-order valence-corrected chi connectivity index (χ0v) is 13.9. The summed E-state index contributed by atoms with van der Waals surface area (Å²) in [5.41, 5.74) is 0.783. The number of ether oxygens (including phenoxy) is 1. The number of carbonyl (C=O) groups excluding carboxylic acids is 2. The van der Waals surface area contributed by atoms with Gasteiger partial charge in [-0.05, 0) is 36.5 Å². The molecule has 1 aromatic rings. The molecule has 25 heavy (non-hydrogen) atoms. The Morgan fingerprint density at radius 2 is 1.80 bits per heavy atom. The van der Waals surface area contributed by atoms with E-state index in [1.807, 2.05) is 6.92 Å². The van der Waals surface area contributed by atoms with Gasteiger partial charge in [0.25, 0.3) is 0 Å². The molecule has 0 spiro atoms. The number of rotatable bonds is 8. The molecule has 1 fully saturated rings. The van der Waals surface area contributed by atoms with Crippen molar-refractivity contribution < 1.29 is 27.5 Å². The van der Waals surface area contributed by atoms with Crippen molar-refractivity contribution in [2.45, 2.75) is 32.5 Å². The predicted octanol–water partition coefficient (Wildman–Crippen LogP) is 2.41. The molecule has 1 aromatic carbocycles. The molecule has 0 heterocycles. The summed E-state index contributed by atoms with van der Waals surface area (Å²) in [4.78, 5) is 23.3. The number of benzene rings is 1. The van der Waals surface area contributed by atoms with E-state index in [-0.39, 0.29) is 29.9 Å². The van der Waals surface area contributed by atoms with E-state index in [0.717, 1.165) is 12.0 Å². The van der Waals surface area contributed by atoms with Crippen molar-refractivity contribution in [2.75, 3.05) is 13.1 Å². The molecular formula is C17H21F3N2O3. The fourth-order valence-electron chi connectivity index (χ4n) is 2.41. The Labute approximate surface area is 143 Å². The molecule has 1 aliphatic carbocycles. The molecule has 5 nitrogen and oxygen atoms in total. The van der Waals surface area contributed by atoms with Crippen molar-refractivity contribution in [3.05, 3.63) is 29.8 Å². The molecule has 1 saturated carbocycles. The molecule has 2 atom stereocenters. The third kappa shape index (κ3) is 7.03.